The second-order valence-corrected chi connectivity index (χ2v) is 3.24. The second-order valence-electron chi connectivity index (χ2n) is 3.24. The van der Waals surface area contributed by atoms with Gasteiger partial charge in [-0.2, -0.15) is 0 Å². The molecule has 2 aliphatic heterocycles. The van der Waals surface area contributed by atoms with Crippen molar-refractivity contribution in [3.8, 4) is 0 Å². The van der Waals surface area contributed by atoms with Gasteiger partial charge >= 0.3 is 0 Å². The highest BCUT2D eigenvalue weighted by atomic mass is 15.3. The van der Waals surface area contributed by atoms with E-state index in [2.05, 4.69) is 10.2 Å². The Labute approximate surface area is 61.6 Å². The Morgan fingerprint density at radius 2 is 2.20 bits per heavy atom. The predicted octanol–water partition coefficient (Wildman–Crippen LogP) is -0.646. The van der Waals surface area contributed by atoms with Crippen molar-refractivity contribution < 1.29 is 0 Å². The standard InChI is InChI=1S/C7H14N3/c8-6-4-10(5-6)7-2-1-3-9-7/h6-7H,1-5,8H2. The summed E-state index contributed by atoms with van der Waals surface area (Å²) in [7, 11) is 0. The van der Waals surface area contributed by atoms with Crippen molar-refractivity contribution in [2.45, 2.75) is 25.0 Å². The van der Waals surface area contributed by atoms with Crippen molar-refractivity contribution >= 4 is 0 Å². The van der Waals surface area contributed by atoms with Crippen LogP contribution in [0.4, 0.5) is 0 Å². The summed E-state index contributed by atoms with van der Waals surface area (Å²) < 4.78 is 0. The van der Waals surface area contributed by atoms with E-state index in [0.29, 0.717) is 12.2 Å². The van der Waals surface area contributed by atoms with Crippen LogP contribution >= 0.6 is 0 Å². The Hall–Kier alpha value is -0.120. The number of nitrogens with zero attached hydrogens (tertiary/aromatic N) is 2. The summed E-state index contributed by atoms with van der Waals surface area (Å²) in [6.45, 7) is 3.19. The van der Waals surface area contributed by atoms with Crippen LogP contribution in [0.3, 0.4) is 0 Å². The lowest BCUT2D eigenvalue weighted by molar-refractivity contribution is 0.0835. The van der Waals surface area contributed by atoms with Crippen LogP contribution in [0.5, 0.6) is 0 Å². The summed E-state index contributed by atoms with van der Waals surface area (Å²) in [6.07, 6.45) is 3.06. The average Bonchev–Trinajstić information content (AvgIpc) is 2.31. The zero-order valence-corrected chi connectivity index (χ0v) is 6.16. The molecular weight excluding hydrogens is 126 g/mol. The van der Waals surface area contributed by atoms with Gasteiger partial charge in [0.2, 0.25) is 0 Å². The van der Waals surface area contributed by atoms with Crippen LogP contribution in [0.1, 0.15) is 12.8 Å². The van der Waals surface area contributed by atoms with Gasteiger partial charge in [-0.1, -0.05) is 0 Å². The topological polar surface area (TPSA) is 43.4 Å². The van der Waals surface area contributed by atoms with Crippen molar-refractivity contribution in [1.29, 1.82) is 0 Å². The van der Waals surface area contributed by atoms with Crippen LogP contribution in [-0.2, 0) is 0 Å². The molecule has 0 amide bonds. The van der Waals surface area contributed by atoms with Gasteiger partial charge in [-0.15, -0.1) is 0 Å². The minimum absolute atomic E-state index is 0.427. The van der Waals surface area contributed by atoms with E-state index in [1.807, 2.05) is 0 Å². The molecule has 2 saturated heterocycles. The molecule has 2 heterocycles. The predicted molar refractivity (Wildman–Crippen MR) is 39.6 cm³/mol. The van der Waals surface area contributed by atoms with Crippen molar-refractivity contribution in [3.63, 3.8) is 0 Å². The maximum Gasteiger partial charge on any atom is 0.0762 e. The maximum absolute atomic E-state index is 5.65. The van der Waals surface area contributed by atoms with Gasteiger partial charge in [0.15, 0.2) is 0 Å². The van der Waals surface area contributed by atoms with Gasteiger partial charge in [0, 0.05) is 25.7 Å². The first-order valence-electron chi connectivity index (χ1n) is 4.02. The maximum atomic E-state index is 5.65. The summed E-state index contributed by atoms with van der Waals surface area (Å²) in [5, 5.41) is 4.46. The van der Waals surface area contributed by atoms with Crippen LogP contribution in [0.2, 0.25) is 0 Å². The number of likely N-dealkylation sites (tertiary alicyclic amines) is 1. The van der Waals surface area contributed by atoms with Crippen LogP contribution in [0.25, 0.3) is 0 Å². The number of rotatable bonds is 1. The molecular formula is C7H14N3. The Kier molecular flexibility index (Phi) is 1.64. The lowest BCUT2D eigenvalue weighted by Crippen LogP contribution is -2.60. The van der Waals surface area contributed by atoms with Crippen LogP contribution in [-0.4, -0.2) is 36.7 Å². The molecule has 3 nitrogen and oxygen atoms in total. The third-order valence-electron chi connectivity index (χ3n) is 2.32. The van der Waals surface area contributed by atoms with E-state index in [9.17, 15) is 0 Å². The number of hydrogen-bond acceptors (Lipinski definition) is 2. The molecule has 2 aliphatic rings. The summed E-state index contributed by atoms with van der Waals surface area (Å²) >= 11 is 0. The summed E-state index contributed by atoms with van der Waals surface area (Å²) in [5.74, 6) is 0. The molecule has 0 saturated carbocycles. The number of nitrogens with two attached hydrogens (primary N) is 1. The summed E-state index contributed by atoms with van der Waals surface area (Å²) in [4.78, 5) is 2.37. The molecule has 0 aromatic heterocycles. The van der Waals surface area contributed by atoms with Gasteiger partial charge in [0.25, 0.3) is 0 Å². The van der Waals surface area contributed by atoms with E-state index < -0.39 is 0 Å². The van der Waals surface area contributed by atoms with Gasteiger partial charge in [-0.3, -0.25) is 4.90 Å². The normalized spacial score (nSPS) is 36.3. The van der Waals surface area contributed by atoms with E-state index in [1.54, 1.807) is 0 Å². The monoisotopic (exact) mass is 140 g/mol. The molecule has 2 N–H and O–H groups in total. The zero-order chi connectivity index (χ0) is 6.97. The molecule has 1 radical (unpaired) electrons. The first-order valence-corrected chi connectivity index (χ1v) is 4.02. The van der Waals surface area contributed by atoms with Crippen molar-refractivity contribution in [1.82, 2.24) is 10.2 Å². The van der Waals surface area contributed by atoms with E-state index in [0.717, 1.165) is 19.6 Å². The highest BCUT2D eigenvalue weighted by molar-refractivity contribution is 4.88. The van der Waals surface area contributed by atoms with Crippen LogP contribution < -0.4 is 11.1 Å². The summed E-state index contributed by atoms with van der Waals surface area (Å²) in [6, 6.07) is 0.427. The molecule has 0 bridgehead atoms. The van der Waals surface area contributed by atoms with Gasteiger partial charge in [0.05, 0.1) is 6.17 Å². The van der Waals surface area contributed by atoms with E-state index >= 15 is 0 Å². The Balaban J connectivity index is 1.78. The van der Waals surface area contributed by atoms with Crippen molar-refractivity contribution in [3.05, 3.63) is 0 Å². The minimum Gasteiger partial charge on any atom is -0.325 e. The van der Waals surface area contributed by atoms with Crippen molar-refractivity contribution in [2.75, 3.05) is 19.6 Å². The van der Waals surface area contributed by atoms with E-state index in [4.69, 9.17) is 5.73 Å². The first-order chi connectivity index (χ1) is 4.86. The smallest absolute Gasteiger partial charge is 0.0762 e. The molecule has 3 heteroatoms. The molecule has 1 atom stereocenters. The van der Waals surface area contributed by atoms with Crippen molar-refractivity contribution in [2.24, 2.45) is 5.73 Å². The van der Waals surface area contributed by atoms with Crippen LogP contribution in [0, 0.1) is 0 Å². The molecule has 2 rings (SSSR count). The van der Waals surface area contributed by atoms with Gasteiger partial charge < -0.3 is 5.73 Å². The molecule has 0 aromatic rings. The first kappa shape index (κ1) is 6.58. The fraction of sp³-hybridized carbons (Fsp3) is 1.00. The Bertz CT molecular complexity index is 114. The average molecular weight is 140 g/mol. The Morgan fingerprint density at radius 3 is 2.70 bits per heavy atom. The SMILES string of the molecule is NC1CN(C2CCC[N]2)C1. The quantitative estimate of drug-likeness (QED) is 0.526. The molecule has 1 unspecified atom stereocenters. The lowest BCUT2D eigenvalue weighted by atomic mass is 10.1. The van der Waals surface area contributed by atoms with Gasteiger partial charge in [0.1, 0.15) is 0 Å². The lowest BCUT2D eigenvalue weighted by Gasteiger charge is -2.40. The summed E-state index contributed by atoms with van der Waals surface area (Å²) in [5.41, 5.74) is 5.65. The van der Waals surface area contributed by atoms with Gasteiger partial charge in [-0.25, -0.2) is 5.32 Å². The molecule has 0 aliphatic carbocycles. The van der Waals surface area contributed by atoms with Crippen LogP contribution in [0.15, 0.2) is 0 Å². The van der Waals surface area contributed by atoms with Gasteiger partial charge in [-0.05, 0) is 12.8 Å². The Morgan fingerprint density at radius 1 is 1.40 bits per heavy atom. The molecule has 57 valence electrons. The molecule has 0 aromatic carbocycles. The molecule has 0 spiro atoms. The number of hydrogen-bond donors (Lipinski definition) is 1. The second kappa shape index (κ2) is 2.49. The van der Waals surface area contributed by atoms with E-state index in [-0.39, 0.29) is 0 Å². The third kappa shape index (κ3) is 1.05. The fourth-order valence-electron chi connectivity index (χ4n) is 1.70. The zero-order valence-electron chi connectivity index (χ0n) is 6.16. The third-order valence-corrected chi connectivity index (χ3v) is 2.32. The minimum atomic E-state index is 0.427. The molecule has 10 heavy (non-hydrogen) atoms. The highest BCUT2D eigenvalue weighted by Crippen LogP contribution is 2.17. The molecule has 2 fully saturated rings. The fourth-order valence-corrected chi connectivity index (χ4v) is 1.70. The van der Waals surface area contributed by atoms with E-state index in [1.165, 1.54) is 12.8 Å². The largest absolute Gasteiger partial charge is 0.325 e. The highest BCUT2D eigenvalue weighted by Gasteiger charge is 2.31.